The summed E-state index contributed by atoms with van der Waals surface area (Å²) < 4.78 is 13.2. The van der Waals surface area contributed by atoms with Crippen molar-refractivity contribution in [2.45, 2.75) is 50.0 Å². The van der Waals surface area contributed by atoms with Crippen LogP contribution in [0.4, 0.5) is 5.69 Å². The highest BCUT2D eigenvalue weighted by Gasteiger charge is 2.75. The van der Waals surface area contributed by atoms with Gasteiger partial charge in [0.2, 0.25) is 11.8 Å². The van der Waals surface area contributed by atoms with Crippen molar-refractivity contribution in [2.75, 3.05) is 31.1 Å². The molecule has 2 aromatic carbocycles. The molecule has 0 radical (unpaired) electrons. The Balaban J connectivity index is 1.47. The molecule has 46 heavy (non-hydrogen) atoms. The number of carbonyl (C=O) groups excluding carboxylic acids is 4. The molecule has 0 aliphatic carbocycles. The molecule has 242 valence electrons. The van der Waals surface area contributed by atoms with Crippen molar-refractivity contribution in [2.24, 2.45) is 11.8 Å². The summed E-state index contributed by atoms with van der Waals surface area (Å²) in [6.07, 6.45) is 4.52. The van der Waals surface area contributed by atoms with Crippen LogP contribution in [0, 0.1) is 18.8 Å². The first-order chi connectivity index (χ1) is 22.2. The first-order valence-electron chi connectivity index (χ1n) is 15.4. The molecule has 4 aliphatic rings. The third-order valence-electron chi connectivity index (χ3n) is 9.12. The molecular formula is C34H35BrClN3O7. The number of aliphatic hydroxyl groups is 1. The fourth-order valence-electron chi connectivity index (χ4n) is 7.07. The molecule has 6 atom stereocenters. The normalized spacial score (nSPS) is 30.6. The molecule has 2 aromatic rings. The summed E-state index contributed by atoms with van der Waals surface area (Å²) >= 11 is 10.3. The summed E-state index contributed by atoms with van der Waals surface area (Å²) in [7, 11) is 0. The zero-order chi connectivity index (χ0) is 32.6. The SMILES string of the molecule is Cc1cccc(Cl)c1N1C/C=C\CCC(=O)NC[C@@H](c2ccccc2)OC(=O)[C@@H]2[C@H]3O[C@@]4(C=C3Br)[C@H](C1=O)N(CCCO)C(=O)[C@@H]24. The van der Waals surface area contributed by atoms with E-state index in [-0.39, 0.29) is 45.0 Å². The molecule has 4 heterocycles. The Morgan fingerprint density at radius 3 is 2.59 bits per heavy atom. The van der Waals surface area contributed by atoms with Gasteiger partial charge in [-0.25, -0.2) is 0 Å². The Labute approximate surface area is 280 Å². The fourth-order valence-corrected chi connectivity index (χ4v) is 8.13. The van der Waals surface area contributed by atoms with Gasteiger partial charge in [0, 0.05) is 30.6 Å². The number of fused-ring (bicyclic) bond motifs is 2. The van der Waals surface area contributed by atoms with Gasteiger partial charge in [-0.2, -0.15) is 0 Å². The minimum atomic E-state index is -1.47. The zero-order valence-electron chi connectivity index (χ0n) is 25.2. The maximum absolute atomic E-state index is 14.9. The van der Waals surface area contributed by atoms with Crippen LogP contribution in [0.25, 0.3) is 0 Å². The van der Waals surface area contributed by atoms with Gasteiger partial charge in [0.25, 0.3) is 5.91 Å². The number of halogens is 2. The number of cyclic esters (lactones) is 1. The molecule has 0 unspecified atom stereocenters. The highest BCUT2D eigenvalue weighted by Crippen LogP contribution is 2.59. The van der Waals surface area contributed by atoms with Crippen molar-refractivity contribution in [1.29, 1.82) is 0 Å². The average molecular weight is 713 g/mol. The average Bonchev–Trinajstić information content (AvgIpc) is 3.63. The largest absolute Gasteiger partial charge is 0.455 e. The minimum absolute atomic E-state index is 0.0423. The van der Waals surface area contributed by atoms with Gasteiger partial charge >= 0.3 is 5.97 Å². The Kier molecular flexibility index (Phi) is 9.38. The van der Waals surface area contributed by atoms with Crippen molar-refractivity contribution >= 4 is 56.9 Å². The number of esters is 1. The highest BCUT2D eigenvalue weighted by atomic mass is 79.9. The van der Waals surface area contributed by atoms with Gasteiger partial charge in [0.15, 0.2) is 0 Å². The molecular weight excluding hydrogens is 678 g/mol. The van der Waals surface area contributed by atoms with Crippen LogP contribution in [-0.2, 0) is 28.7 Å². The predicted octanol–water partition coefficient (Wildman–Crippen LogP) is 3.99. The zero-order valence-corrected chi connectivity index (χ0v) is 27.6. The Morgan fingerprint density at radius 2 is 1.85 bits per heavy atom. The second-order valence-corrected chi connectivity index (χ2v) is 13.3. The van der Waals surface area contributed by atoms with Gasteiger partial charge in [-0.05, 0) is 43.0 Å². The van der Waals surface area contributed by atoms with E-state index in [1.807, 2.05) is 37.3 Å². The van der Waals surface area contributed by atoms with Gasteiger partial charge in [-0.3, -0.25) is 19.2 Å². The van der Waals surface area contributed by atoms with Crippen molar-refractivity contribution in [3.63, 3.8) is 0 Å². The number of amides is 3. The molecule has 2 fully saturated rings. The van der Waals surface area contributed by atoms with Crippen LogP contribution >= 0.6 is 27.5 Å². The van der Waals surface area contributed by atoms with E-state index in [1.165, 1.54) is 9.80 Å². The van der Waals surface area contributed by atoms with E-state index >= 15 is 0 Å². The van der Waals surface area contributed by atoms with E-state index in [0.717, 1.165) is 5.56 Å². The second kappa shape index (κ2) is 13.3. The number of rotatable bonds is 5. The van der Waals surface area contributed by atoms with E-state index in [1.54, 1.807) is 36.4 Å². The number of nitrogens with zero attached hydrogens (tertiary/aromatic N) is 2. The van der Waals surface area contributed by atoms with E-state index < -0.39 is 53.5 Å². The monoisotopic (exact) mass is 711 g/mol. The fraction of sp³-hybridized carbons (Fsp3) is 0.412. The molecule has 0 aromatic heterocycles. The lowest BCUT2D eigenvalue weighted by molar-refractivity contribution is -0.159. The lowest BCUT2D eigenvalue weighted by Crippen LogP contribution is -2.56. The number of anilines is 1. The van der Waals surface area contributed by atoms with Crippen LogP contribution in [0.3, 0.4) is 0 Å². The van der Waals surface area contributed by atoms with Crippen LogP contribution < -0.4 is 10.2 Å². The van der Waals surface area contributed by atoms with Crippen molar-refractivity contribution in [3.8, 4) is 0 Å². The summed E-state index contributed by atoms with van der Waals surface area (Å²) in [6, 6.07) is 13.3. The summed E-state index contributed by atoms with van der Waals surface area (Å²) in [5.74, 6) is -3.87. The van der Waals surface area contributed by atoms with Gasteiger partial charge in [-0.15, -0.1) is 0 Å². The Hall–Kier alpha value is -3.51. The van der Waals surface area contributed by atoms with Gasteiger partial charge in [0.1, 0.15) is 29.8 Å². The first-order valence-corrected chi connectivity index (χ1v) is 16.6. The Bertz CT molecular complexity index is 1580. The van der Waals surface area contributed by atoms with Crippen LogP contribution in [-0.4, -0.2) is 77.7 Å². The first kappa shape index (κ1) is 32.4. The van der Waals surface area contributed by atoms with Gasteiger partial charge in [-0.1, -0.05) is 82.1 Å². The number of para-hydroxylation sites is 1. The van der Waals surface area contributed by atoms with Crippen molar-refractivity contribution in [3.05, 3.63) is 87.4 Å². The third-order valence-corrected chi connectivity index (χ3v) is 10.1. The molecule has 1 spiro atoms. The molecule has 2 saturated heterocycles. The predicted molar refractivity (Wildman–Crippen MR) is 174 cm³/mol. The summed E-state index contributed by atoms with van der Waals surface area (Å²) in [4.78, 5) is 59.1. The topological polar surface area (TPSA) is 125 Å². The molecule has 10 nitrogen and oxygen atoms in total. The van der Waals surface area contributed by atoms with Crippen LogP contribution in [0.15, 0.2) is 71.2 Å². The molecule has 3 amide bonds. The smallest absolute Gasteiger partial charge is 0.313 e. The maximum atomic E-state index is 14.9. The summed E-state index contributed by atoms with van der Waals surface area (Å²) in [5, 5.41) is 13.0. The number of hydrogen-bond acceptors (Lipinski definition) is 7. The quantitative estimate of drug-likeness (QED) is 0.355. The standard InChI is InChI=1S/C34H35BrClN3O7/c1-20-10-8-13-23(36)28(20)38-15-7-3-6-14-25(41)37-19-24(21-11-4-2-5-12-21)45-33(44)26-27-31(42)39(16-9-17-40)30(32(38)43)34(27)18-22(35)29(26)46-34/h2-5,7-8,10-13,18,24,26-27,29-30,40H,6,9,14-17,19H2,1H3,(H,37,41)/b7-3-/t24-,26-,27+,29-,30-,34+/m0/s1. The molecule has 6 rings (SSSR count). The number of likely N-dealkylation sites (tertiary alicyclic amines) is 1. The van der Waals surface area contributed by atoms with Crippen LogP contribution in [0.1, 0.15) is 36.5 Å². The molecule has 0 saturated carbocycles. The lowest BCUT2D eigenvalue weighted by Gasteiger charge is -2.36. The summed E-state index contributed by atoms with van der Waals surface area (Å²) in [5.41, 5.74) is 0.449. The van der Waals surface area contributed by atoms with Crippen LogP contribution in [0.2, 0.25) is 5.02 Å². The molecule has 2 N–H and O–H groups in total. The van der Waals surface area contributed by atoms with Crippen LogP contribution in [0.5, 0.6) is 0 Å². The number of ether oxygens (including phenoxy) is 2. The van der Waals surface area contributed by atoms with E-state index in [0.29, 0.717) is 27.2 Å². The number of benzene rings is 2. The maximum Gasteiger partial charge on any atom is 0.313 e. The third kappa shape index (κ3) is 5.67. The number of carbonyl (C=O) groups is 4. The number of allylic oxidation sites excluding steroid dienone is 1. The summed E-state index contributed by atoms with van der Waals surface area (Å²) in [6.45, 7) is 1.88. The van der Waals surface area contributed by atoms with Crippen molar-refractivity contribution < 1.29 is 33.8 Å². The van der Waals surface area contributed by atoms with E-state index in [4.69, 9.17) is 21.1 Å². The van der Waals surface area contributed by atoms with Gasteiger partial charge in [0.05, 0.1) is 23.2 Å². The minimum Gasteiger partial charge on any atom is -0.455 e. The number of nitrogens with one attached hydrogen (secondary N) is 1. The number of aryl methyl sites for hydroxylation is 1. The molecule has 5 bridgehead atoms. The van der Waals surface area contributed by atoms with Crippen molar-refractivity contribution in [1.82, 2.24) is 10.2 Å². The van der Waals surface area contributed by atoms with Gasteiger partial charge < -0.3 is 29.7 Å². The molecule has 4 aliphatic heterocycles. The Morgan fingerprint density at radius 1 is 1.07 bits per heavy atom. The number of hydrogen-bond donors (Lipinski definition) is 2. The second-order valence-electron chi connectivity index (χ2n) is 11.9. The highest BCUT2D eigenvalue weighted by molar-refractivity contribution is 9.11. The van der Waals surface area contributed by atoms with E-state index in [2.05, 4.69) is 21.2 Å². The lowest BCUT2D eigenvalue weighted by atomic mass is 9.74. The number of aliphatic hydroxyl groups excluding tert-OH is 1. The molecule has 12 heteroatoms. The van der Waals surface area contributed by atoms with E-state index in [9.17, 15) is 24.3 Å².